The molecule has 3 nitrogen and oxygen atoms in total. The summed E-state index contributed by atoms with van der Waals surface area (Å²) in [6.07, 6.45) is 1.06. The van der Waals surface area contributed by atoms with E-state index in [1.165, 1.54) is 0 Å². The minimum Gasteiger partial charge on any atom is -0.478 e. The van der Waals surface area contributed by atoms with Crippen molar-refractivity contribution >= 4 is 5.97 Å². The summed E-state index contributed by atoms with van der Waals surface area (Å²) >= 11 is 0. The molecule has 0 bridgehead atoms. The van der Waals surface area contributed by atoms with Gasteiger partial charge in [-0.1, -0.05) is 18.2 Å². The van der Waals surface area contributed by atoms with Gasteiger partial charge in [0.15, 0.2) is 0 Å². The van der Waals surface area contributed by atoms with Crippen molar-refractivity contribution < 1.29 is 9.90 Å². The predicted octanol–water partition coefficient (Wildman–Crippen LogP) is 2.58. The van der Waals surface area contributed by atoms with E-state index in [1.54, 1.807) is 12.1 Å². The minimum absolute atomic E-state index is 0.365. The van der Waals surface area contributed by atoms with Crippen molar-refractivity contribution in [3.63, 3.8) is 0 Å². The molecule has 0 aliphatic carbocycles. The second kappa shape index (κ2) is 4.88. The average Bonchev–Trinajstić information content (AvgIpc) is 2.78. The van der Waals surface area contributed by atoms with Gasteiger partial charge in [-0.3, -0.25) is 0 Å². The topological polar surface area (TPSA) is 40.5 Å². The van der Waals surface area contributed by atoms with Crippen LogP contribution >= 0.6 is 0 Å². The maximum Gasteiger partial charge on any atom is 0.335 e. The Balaban J connectivity index is 2.21. The largest absolute Gasteiger partial charge is 0.478 e. The number of carbonyl (C=O) groups is 1. The normalized spacial score (nSPS) is 21.0. The van der Waals surface area contributed by atoms with Gasteiger partial charge in [0.1, 0.15) is 0 Å². The van der Waals surface area contributed by atoms with Gasteiger partial charge in [0.25, 0.3) is 0 Å². The van der Waals surface area contributed by atoms with E-state index in [0.29, 0.717) is 17.5 Å². The van der Waals surface area contributed by atoms with Crippen molar-refractivity contribution in [2.75, 3.05) is 13.1 Å². The lowest BCUT2D eigenvalue weighted by atomic mass is 9.93. The maximum atomic E-state index is 11.2. The van der Waals surface area contributed by atoms with Crippen LogP contribution in [-0.4, -0.2) is 35.1 Å². The van der Waals surface area contributed by atoms with Gasteiger partial charge < -0.3 is 10.0 Å². The van der Waals surface area contributed by atoms with Crippen molar-refractivity contribution in [1.29, 1.82) is 0 Å². The van der Waals surface area contributed by atoms with E-state index in [0.717, 1.165) is 25.1 Å². The summed E-state index contributed by atoms with van der Waals surface area (Å²) in [7, 11) is 0. The summed E-state index contributed by atoms with van der Waals surface area (Å²) < 4.78 is 0. The van der Waals surface area contributed by atoms with E-state index < -0.39 is 5.97 Å². The van der Waals surface area contributed by atoms with E-state index in [4.69, 9.17) is 0 Å². The molecule has 1 fully saturated rings. The number of likely N-dealkylation sites (tertiary alicyclic amines) is 1. The first-order valence-corrected chi connectivity index (χ1v) is 6.16. The van der Waals surface area contributed by atoms with Crippen LogP contribution in [0.3, 0.4) is 0 Å². The number of benzene rings is 1. The molecule has 1 N–H and O–H groups in total. The van der Waals surface area contributed by atoms with Crippen molar-refractivity contribution in [2.24, 2.45) is 0 Å². The molecule has 1 atom stereocenters. The number of aromatic carboxylic acids is 1. The molecule has 0 aromatic heterocycles. The Kier molecular flexibility index (Phi) is 3.48. The Morgan fingerprint density at radius 3 is 2.71 bits per heavy atom. The molecule has 0 amide bonds. The molecular formula is C14H19NO2. The van der Waals surface area contributed by atoms with E-state index in [1.807, 2.05) is 12.1 Å². The molecule has 2 rings (SSSR count). The fourth-order valence-corrected chi connectivity index (χ4v) is 2.56. The Labute approximate surface area is 102 Å². The summed E-state index contributed by atoms with van der Waals surface area (Å²) in [6, 6.07) is 7.92. The third-order valence-corrected chi connectivity index (χ3v) is 3.58. The Bertz CT molecular complexity index is 414. The molecule has 1 heterocycles. The van der Waals surface area contributed by atoms with E-state index in [9.17, 15) is 9.90 Å². The SMILES string of the molecule is CC(C)N1CCC(c2ccccc2C(=O)O)C1. The lowest BCUT2D eigenvalue weighted by Crippen LogP contribution is -2.28. The molecule has 0 spiro atoms. The summed E-state index contributed by atoms with van der Waals surface area (Å²) in [5, 5.41) is 9.19. The summed E-state index contributed by atoms with van der Waals surface area (Å²) in [6.45, 7) is 6.41. The molecule has 1 aliphatic heterocycles. The average molecular weight is 233 g/mol. The zero-order valence-electron chi connectivity index (χ0n) is 10.4. The van der Waals surface area contributed by atoms with Gasteiger partial charge >= 0.3 is 5.97 Å². The third-order valence-electron chi connectivity index (χ3n) is 3.58. The smallest absolute Gasteiger partial charge is 0.335 e. The van der Waals surface area contributed by atoms with E-state index in [2.05, 4.69) is 18.7 Å². The lowest BCUT2D eigenvalue weighted by molar-refractivity contribution is 0.0695. The van der Waals surface area contributed by atoms with Gasteiger partial charge in [0.2, 0.25) is 0 Å². The molecule has 1 aromatic carbocycles. The summed E-state index contributed by atoms with van der Waals surface area (Å²) in [4.78, 5) is 13.6. The van der Waals surface area contributed by atoms with Gasteiger partial charge in [-0.15, -0.1) is 0 Å². The quantitative estimate of drug-likeness (QED) is 0.872. The number of nitrogens with zero attached hydrogens (tertiary/aromatic N) is 1. The van der Waals surface area contributed by atoms with E-state index >= 15 is 0 Å². The fraction of sp³-hybridized carbons (Fsp3) is 0.500. The van der Waals surface area contributed by atoms with E-state index in [-0.39, 0.29) is 0 Å². The maximum absolute atomic E-state index is 11.2. The number of rotatable bonds is 3. The first kappa shape index (κ1) is 12.1. The fourth-order valence-electron chi connectivity index (χ4n) is 2.56. The second-order valence-electron chi connectivity index (χ2n) is 4.97. The highest BCUT2D eigenvalue weighted by Gasteiger charge is 2.27. The Morgan fingerprint density at radius 2 is 2.12 bits per heavy atom. The van der Waals surface area contributed by atoms with Crippen LogP contribution in [0.5, 0.6) is 0 Å². The Morgan fingerprint density at radius 1 is 1.41 bits per heavy atom. The van der Waals surface area contributed by atoms with Gasteiger partial charge in [-0.25, -0.2) is 4.79 Å². The van der Waals surface area contributed by atoms with Crippen molar-refractivity contribution in [3.05, 3.63) is 35.4 Å². The third kappa shape index (κ3) is 2.50. The first-order chi connectivity index (χ1) is 8.09. The molecule has 0 radical (unpaired) electrons. The molecule has 3 heteroatoms. The first-order valence-electron chi connectivity index (χ1n) is 6.16. The molecule has 17 heavy (non-hydrogen) atoms. The van der Waals surface area contributed by atoms with Crippen LogP contribution in [0.1, 0.15) is 42.1 Å². The number of carboxylic acid groups (broad SMARTS) is 1. The van der Waals surface area contributed by atoms with Crippen molar-refractivity contribution in [1.82, 2.24) is 4.90 Å². The van der Waals surface area contributed by atoms with Crippen LogP contribution in [-0.2, 0) is 0 Å². The van der Waals surface area contributed by atoms with Crippen LogP contribution in [0, 0.1) is 0 Å². The molecule has 92 valence electrons. The monoisotopic (exact) mass is 233 g/mol. The van der Waals surface area contributed by atoms with Crippen LogP contribution in [0.4, 0.5) is 0 Å². The zero-order valence-corrected chi connectivity index (χ0v) is 10.4. The van der Waals surface area contributed by atoms with Crippen molar-refractivity contribution in [3.8, 4) is 0 Å². The van der Waals surface area contributed by atoms with Gasteiger partial charge in [0, 0.05) is 12.6 Å². The number of hydrogen-bond acceptors (Lipinski definition) is 2. The zero-order chi connectivity index (χ0) is 12.4. The molecule has 1 unspecified atom stereocenters. The molecule has 1 aliphatic rings. The highest BCUT2D eigenvalue weighted by molar-refractivity contribution is 5.89. The number of carboxylic acids is 1. The van der Waals surface area contributed by atoms with Gasteiger partial charge in [0.05, 0.1) is 5.56 Å². The standard InChI is InChI=1S/C14H19NO2/c1-10(2)15-8-7-11(9-15)12-5-3-4-6-13(12)14(16)17/h3-6,10-11H,7-9H2,1-2H3,(H,16,17). The lowest BCUT2D eigenvalue weighted by Gasteiger charge is -2.20. The molecule has 1 aromatic rings. The summed E-state index contributed by atoms with van der Waals surface area (Å²) in [5.74, 6) is -0.451. The van der Waals surface area contributed by atoms with Crippen LogP contribution in [0.15, 0.2) is 24.3 Å². The van der Waals surface area contributed by atoms with Crippen molar-refractivity contribution in [2.45, 2.75) is 32.2 Å². The highest BCUT2D eigenvalue weighted by atomic mass is 16.4. The highest BCUT2D eigenvalue weighted by Crippen LogP contribution is 2.30. The molecule has 1 saturated heterocycles. The second-order valence-corrected chi connectivity index (χ2v) is 4.97. The van der Waals surface area contributed by atoms with Gasteiger partial charge in [-0.2, -0.15) is 0 Å². The predicted molar refractivity (Wildman–Crippen MR) is 67.5 cm³/mol. The van der Waals surface area contributed by atoms with Gasteiger partial charge in [-0.05, 0) is 44.4 Å². The molecular weight excluding hydrogens is 214 g/mol. The van der Waals surface area contributed by atoms with Crippen LogP contribution < -0.4 is 0 Å². The minimum atomic E-state index is -0.816. The van der Waals surface area contributed by atoms with Crippen LogP contribution in [0.25, 0.3) is 0 Å². The summed E-state index contributed by atoms with van der Waals surface area (Å²) in [5.41, 5.74) is 1.45. The molecule has 0 saturated carbocycles. The van der Waals surface area contributed by atoms with Crippen LogP contribution in [0.2, 0.25) is 0 Å². The number of hydrogen-bond donors (Lipinski definition) is 1. The Hall–Kier alpha value is -1.35.